The molecule has 0 aliphatic heterocycles. The Kier molecular flexibility index (Phi) is 4.15. The van der Waals surface area contributed by atoms with Crippen LogP contribution in [0.25, 0.3) is 0 Å². The average Bonchev–Trinajstić information content (AvgIpc) is 2.83. The van der Waals surface area contributed by atoms with Gasteiger partial charge in [0.2, 0.25) is 0 Å². The Morgan fingerprint density at radius 2 is 1.63 bits per heavy atom. The third-order valence-corrected chi connectivity index (χ3v) is 5.72. The van der Waals surface area contributed by atoms with E-state index < -0.39 is 0 Å². The summed E-state index contributed by atoms with van der Waals surface area (Å²) in [5.74, 6) is 0. The first-order valence-electron chi connectivity index (χ1n) is 7.17. The van der Waals surface area contributed by atoms with Crippen molar-refractivity contribution in [3.8, 4) is 0 Å². The van der Waals surface area contributed by atoms with E-state index in [0.29, 0.717) is 0 Å². The molecule has 2 aromatic rings. The molecule has 0 nitrogen and oxygen atoms in total. The molecule has 102 valence electrons. The van der Waals surface area contributed by atoms with Crippen molar-refractivity contribution in [2.24, 2.45) is 0 Å². The normalized spacial score (nSPS) is 11.8. The monoisotopic (exact) mass is 272 g/mol. The molecule has 0 aliphatic carbocycles. The molecule has 0 unspecified atom stereocenters. The molecule has 0 saturated heterocycles. The van der Waals surface area contributed by atoms with Crippen molar-refractivity contribution in [1.82, 2.24) is 0 Å². The Hall–Kier alpha value is -1.08. The van der Waals surface area contributed by atoms with Gasteiger partial charge in [-0.05, 0) is 67.3 Å². The van der Waals surface area contributed by atoms with Crippen molar-refractivity contribution >= 4 is 11.3 Å². The predicted molar refractivity (Wildman–Crippen MR) is 86.3 cm³/mol. The van der Waals surface area contributed by atoms with Gasteiger partial charge < -0.3 is 0 Å². The number of rotatable bonds is 4. The van der Waals surface area contributed by atoms with Gasteiger partial charge in [0.25, 0.3) is 0 Å². The van der Waals surface area contributed by atoms with Gasteiger partial charge in [0.15, 0.2) is 0 Å². The van der Waals surface area contributed by atoms with Crippen LogP contribution in [0.1, 0.15) is 53.8 Å². The van der Waals surface area contributed by atoms with E-state index in [1.165, 1.54) is 27.1 Å². The van der Waals surface area contributed by atoms with Crippen LogP contribution < -0.4 is 0 Å². The molecule has 1 aromatic carbocycles. The molecule has 0 fully saturated rings. The van der Waals surface area contributed by atoms with E-state index >= 15 is 0 Å². The van der Waals surface area contributed by atoms with Gasteiger partial charge in [-0.3, -0.25) is 0 Å². The molecule has 19 heavy (non-hydrogen) atoms. The highest BCUT2D eigenvalue weighted by Gasteiger charge is 2.32. The van der Waals surface area contributed by atoms with E-state index in [4.69, 9.17) is 0 Å². The summed E-state index contributed by atoms with van der Waals surface area (Å²) >= 11 is 1.91. The zero-order valence-corrected chi connectivity index (χ0v) is 13.5. The lowest BCUT2D eigenvalue weighted by Gasteiger charge is -2.32. The van der Waals surface area contributed by atoms with E-state index in [1.807, 2.05) is 11.3 Å². The summed E-state index contributed by atoms with van der Waals surface area (Å²) in [4.78, 5) is 1.51. The molecule has 0 saturated carbocycles. The molecule has 0 aliphatic rings. The fraction of sp³-hybridized carbons (Fsp3) is 0.444. The van der Waals surface area contributed by atoms with Gasteiger partial charge in [-0.25, -0.2) is 0 Å². The lowest BCUT2D eigenvalue weighted by atomic mass is 9.74. The highest BCUT2D eigenvalue weighted by molar-refractivity contribution is 7.10. The van der Waals surface area contributed by atoms with E-state index in [0.717, 1.165) is 12.8 Å². The maximum absolute atomic E-state index is 2.39. The Bertz CT molecular complexity index is 559. The minimum atomic E-state index is 0.192. The van der Waals surface area contributed by atoms with E-state index in [2.05, 4.69) is 64.3 Å². The molecular weight excluding hydrogens is 248 g/mol. The van der Waals surface area contributed by atoms with Crippen LogP contribution >= 0.6 is 11.3 Å². The largest absolute Gasteiger partial charge is 0.148 e. The van der Waals surface area contributed by atoms with Crippen LogP contribution in [0.3, 0.4) is 0 Å². The molecule has 2 rings (SSSR count). The second-order valence-corrected chi connectivity index (χ2v) is 6.49. The van der Waals surface area contributed by atoms with Crippen molar-refractivity contribution in [1.29, 1.82) is 0 Å². The van der Waals surface area contributed by atoms with Crippen LogP contribution in [0.2, 0.25) is 0 Å². The fourth-order valence-electron chi connectivity index (χ4n) is 2.87. The van der Waals surface area contributed by atoms with E-state index in [9.17, 15) is 0 Å². The van der Waals surface area contributed by atoms with Gasteiger partial charge >= 0.3 is 0 Å². The third kappa shape index (κ3) is 2.49. The maximum atomic E-state index is 2.39. The lowest BCUT2D eigenvalue weighted by molar-refractivity contribution is 0.487. The number of aryl methyl sites for hydroxylation is 3. The molecule has 1 aromatic heterocycles. The topological polar surface area (TPSA) is 0 Å². The lowest BCUT2D eigenvalue weighted by Crippen LogP contribution is -2.25. The van der Waals surface area contributed by atoms with Crippen LogP contribution in [-0.4, -0.2) is 0 Å². The van der Waals surface area contributed by atoms with Gasteiger partial charge in [-0.1, -0.05) is 32.0 Å². The first-order valence-corrected chi connectivity index (χ1v) is 8.04. The Morgan fingerprint density at radius 3 is 2.11 bits per heavy atom. The van der Waals surface area contributed by atoms with Crippen LogP contribution in [0.4, 0.5) is 0 Å². The molecular formula is C18H24S. The minimum absolute atomic E-state index is 0.192. The number of hydrogen-bond donors (Lipinski definition) is 0. The highest BCUT2D eigenvalue weighted by atomic mass is 32.1. The van der Waals surface area contributed by atoms with E-state index in [-0.39, 0.29) is 5.41 Å². The minimum Gasteiger partial charge on any atom is -0.148 e. The zero-order valence-electron chi connectivity index (χ0n) is 12.7. The smallest absolute Gasteiger partial charge is 0.0291 e. The molecule has 0 N–H and O–H groups in total. The fourth-order valence-corrected chi connectivity index (χ4v) is 4.14. The number of thiophene rings is 1. The summed E-state index contributed by atoms with van der Waals surface area (Å²) in [5.41, 5.74) is 5.83. The van der Waals surface area contributed by atoms with Crippen LogP contribution in [-0.2, 0) is 5.41 Å². The van der Waals surface area contributed by atoms with Crippen molar-refractivity contribution in [3.63, 3.8) is 0 Å². The number of benzene rings is 1. The second kappa shape index (κ2) is 5.50. The van der Waals surface area contributed by atoms with Gasteiger partial charge in [0.1, 0.15) is 0 Å². The third-order valence-electron chi connectivity index (χ3n) is 4.47. The van der Waals surface area contributed by atoms with Crippen molar-refractivity contribution < 1.29 is 0 Å². The van der Waals surface area contributed by atoms with Gasteiger partial charge in [0, 0.05) is 10.3 Å². The van der Waals surface area contributed by atoms with Gasteiger partial charge in [-0.15, -0.1) is 11.3 Å². The van der Waals surface area contributed by atoms with Gasteiger partial charge in [0.05, 0.1) is 0 Å². The predicted octanol–water partition coefficient (Wildman–Crippen LogP) is 5.78. The first-order chi connectivity index (χ1) is 9.03. The summed E-state index contributed by atoms with van der Waals surface area (Å²) in [5, 5.41) is 2.27. The highest BCUT2D eigenvalue weighted by Crippen LogP contribution is 2.42. The SMILES string of the molecule is CCC(CC)(c1ccc(C)c(C)c1)c1cc(C)cs1. The Balaban J connectivity index is 2.58. The standard InChI is InChI=1S/C18H24S/c1-6-18(7-2,17-10-13(3)12-19-17)16-9-8-14(4)15(5)11-16/h8-12H,6-7H2,1-5H3. The Morgan fingerprint density at radius 1 is 0.947 bits per heavy atom. The van der Waals surface area contributed by atoms with Crippen LogP contribution in [0.5, 0.6) is 0 Å². The molecule has 0 atom stereocenters. The Labute approximate surface area is 121 Å². The zero-order chi connectivity index (χ0) is 14.0. The summed E-state index contributed by atoms with van der Waals surface area (Å²) < 4.78 is 0. The van der Waals surface area contributed by atoms with Gasteiger partial charge in [-0.2, -0.15) is 0 Å². The number of hydrogen-bond acceptors (Lipinski definition) is 1. The first kappa shape index (κ1) is 14.3. The van der Waals surface area contributed by atoms with Crippen LogP contribution in [0, 0.1) is 20.8 Å². The second-order valence-electron chi connectivity index (χ2n) is 5.58. The molecule has 1 heteroatoms. The van der Waals surface area contributed by atoms with Crippen molar-refractivity contribution in [3.05, 3.63) is 56.8 Å². The molecule has 0 amide bonds. The van der Waals surface area contributed by atoms with E-state index in [1.54, 1.807) is 0 Å². The molecule has 0 spiro atoms. The summed E-state index contributed by atoms with van der Waals surface area (Å²) in [6.07, 6.45) is 2.32. The molecule has 0 bridgehead atoms. The van der Waals surface area contributed by atoms with Crippen molar-refractivity contribution in [2.45, 2.75) is 52.9 Å². The summed E-state index contributed by atoms with van der Waals surface area (Å²) in [6, 6.07) is 9.35. The quantitative estimate of drug-likeness (QED) is 0.662. The summed E-state index contributed by atoms with van der Waals surface area (Å²) in [7, 11) is 0. The average molecular weight is 272 g/mol. The van der Waals surface area contributed by atoms with Crippen LogP contribution in [0.15, 0.2) is 29.6 Å². The molecule has 0 radical (unpaired) electrons. The summed E-state index contributed by atoms with van der Waals surface area (Å²) in [6.45, 7) is 11.2. The molecule has 1 heterocycles. The van der Waals surface area contributed by atoms with Crippen molar-refractivity contribution in [2.75, 3.05) is 0 Å². The maximum Gasteiger partial charge on any atom is 0.0291 e.